The molecule has 2 unspecified atom stereocenters. The Morgan fingerprint density at radius 2 is 2.00 bits per heavy atom. The van der Waals surface area contributed by atoms with E-state index in [1.165, 1.54) is 5.01 Å². The molecule has 0 radical (unpaired) electrons. The van der Waals surface area contributed by atoms with E-state index in [9.17, 15) is 14.7 Å². The lowest BCUT2D eigenvalue weighted by Gasteiger charge is -2.34. The van der Waals surface area contributed by atoms with Crippen molar-refractivity contribution in [3.63, 3.8) is 0 Å². The van der Waals surface area contributed by atoms with E-state index < -0.39 is 18.2 Å². The zero-order valence-corrected chi connectivity index (χ0v) is 9.96. The number of carbonyl (C=O) groups excluding carboxylic acids is 2. The summed E-state index contributed by atoms with van der Waals surface area (Å²) in [5.41, 5.74) is 3.54. The van der Waals surface area contributed by atoms with Gasteiger partial charge in [0, 0.05) is 0 Å². The molecule has 0 saturated carbocycles. The lowest BCUT2D eigenvalue weighted by atomic mass is 10.1. The molecule has 3 N–H and O–H groups in total. The number of benzene rings is 1. The predicted octanol–water partition coefficient (Wildman–Crippen LogP) is -0.00760. The monoisotopic (exact) mass is 249 g/mol. The molecule has 0 aromatic heterocycles. The fourth-order valence-electron chi connectivity index (χ4n) is 1.86. The summed E-state index contributed by atoms with van der Waals surface area (Å²) in [6.07, 6.45) is -0.761. The summed E-state index contributed by atoms with van der Waals surface area (Å²) in [4.78, 5) is 22.7. The van der Waals surface area contributed by atoms with Crippen molar-refractivity contribution in [2.24, 2.45) is 0 Å². The number of nitrogens with one attached hydrogen (secondary N) is 2. The average molecular weight is 249 g/mol. The van der Waals surface area contributed by atoms with Crippen LogP contribution >= 0.6 is 0 Å². The van der Waals surface area contributed by atoms with Crippen LogP contribution in [0.25, 0.3) is 0 Å². The number of hydrogen-bond acceptors (Lipinski definition) is 4. The van der Waals surface area contributed by atoms with E-state index in [4.69, 9.17) is 0 Å². The SMILES string of the molecule is CC(Cc1ccccc1)N1NC(O)C(=O)NC1=O. The summed E-state index contributed by atoms with van der Waals surface area (Å²) in [6, 6.07) is 8.94. The second kappa shape index (κ2) is 5.16. The molecule has 0 aliphatic carbocycles. The maximum Gasteiger partial charge on any atom is 0.338 e. The van der Waals surface area contributed by atoms with E-state index >= 15 is 0 Å². The molecular formula is C12H15N3O3. The van der Waals surface area contributed by atoms with Gasteiger partial charge in [0.2, 0.25) is 6.23 Å². The van der Waals surface area contributed by atoms with Crippen LogP contribution in [-0.4, -0.2) is 34.3 Å². The van der Waals surface area contributed by atoms with Crippen LogP contribution in [0.3, 0.4) is 0 Å². The van der Waals surface area contributed by atoms with Crippen LogP contribution in [0.2, 0.25) is 0 Å². The van der Waals surface area contributed by atoms with Crippen molar-refractivity contribution >= 4 is 11.9 Å². The van der Waals surface area contributed by atoms with Crippen molar-refractivity contribution in [2.75, 3.05) is 0 Å². The quantitative estimate of drug-likeness (QED) is 0.704. The minimum Gasteiger partial charge on any atom is -0.369 e. The number of carbonyl (C=O) groups is 2. The number of aliphatic hydroxyl groups excluding tert-OH is 1. The van der Waals surface area contributed by atoms with E-state index in [1.807, 2.05) is 37.3 Å². The van der Waals surface area contributed by atoms with Gasteiger partial charge in [-0.25, -0.2) is 4.79 Å². The third-order valence-electron chi connectivity index (χ3n) is 2.77. The number of hydrazine groups is 1. The van der Waals surface area contributed by atoms with Crippen LogP contribution in [0.4, 0.5) is 4.79 Å². The molecule has 6 heteroatoms. The first-order chi connectivity index (χ1) is 8.58. The Hall–Kier alpha value is -1.92. The first kappa shape index (κ1) is 12.5. The van der Waals surface area contributed by atoms with Gasteiger partial charge in [-0.1, -0.05) is 30.3 Å². The average Bonchev–Trinajstić information content (AvgIpc) is 2.35. The van der Waals surface area contributed by atoms with Crippen LogP contribution in [0.1, 0.15) is 12.5 Å². The molecule has 1 fully saturated rings. The highest BCUT2D eigenvalue weighted by Gasteiger charge is 2.32. The number of nitrogens with zero attached hydrogens (tertiary/aromatic N) is 1. The van der Waals surface area contributed by atoms with Gasteiger partial charge < -0.3 is 5.11 Å². The number of imide groups is 1. The second-order valence-corrected chi connectivity index (χ2v) is 4.23. The van der Waals surface area contributed by atoms with Crippen molar-refractivity contribution < 1.29 is 14.7 Å². The largest absolute Gasteiger partial charge is 0.369 e. The van der Waals surface area contributed by atoms with Gasteiger partial charge in [-0.05, 0) is 18.9 Å². The molecule has 1 aliphatic heterocycles. The first-order valence-electron chi connectivity index (χ1n) is 5.70. The molecule has 3 amide bonds. The summed E-state index contributed by atoms with van der Waals surface area (Å²) in [7, 11) is 0. The fourth-order valence-corrected chi connectivity index (χ4v) is 1.86. The summed E-state index contributed by atoms with van der Waals surface area (Å²) in [6.45, 7) is 1.84. The number of rotatable bonds is 3. The van der Waals surface area contributed by atoms with Gasteiger partial charge in [0.25, 0.3) is 5.91 Å². The van der Waals surface area contributed by atoms with E-state index in [0.29, 0.717) is 6.42 Å². The molecule has 1 aromatic rings. The molecule has 1 heterocycles. The van der Waals surface area contributed by atoms with Gasteiger partial charge in [-0.3, -0.25) is 15.1 Å². The Kier molecular flexibility index (Phi) is 3.59. The van der Waals surface area contributed by atoms with E-state index in [0.717, 1.165) is 5.56 Å². The van der Waals surface area contributed by atoms with Gasteiger partial charge in [0.1, 0.15) is 0 Å². The lowest BCUT2D eigenvalue weighted by Crippen LogP contribution is -2.66. The maximum atomic E-state index is 11.6. The molecule has 96 valence electrons. The smallest absolute Gasteiger partial charge is 0.338 e. The molecule has 0 bridgehead atoms. The van der Waals surface area contributed by atoms with E-state index in [-0.39, 0.29) is 6.04 Å². The molecule has 1 saturated heterocycles. The van der Waals surface area contributed by atoms with Crippen molar-refractivity contribution in [1.82, 2.24) is 15.8 Å². The second-order valence-electron chi connectivity index (χ2n) is 4.23. The number of urea groups is 1. The highest BCUT2D eigenvalue weighted by Crippen LogP contribution is 2.09. The van der Waals surface area contributed by atoms with Crippen molar-refractivity contribution in [2.45, 2.75) is 25.6 Å². The van der Waals surface area contributed by atoms with Crippen LogP contribution in [0.5, 0.6) is 0 Å². The fraction of sp³-hybridized carbons (Fsp3) is 0.333. The minimum absolute atomic E-state index is 0.185. The van der Waals surface area contributed by atoms with Gasteiger partial charge in [0.15, 0.2) is 0 Å². The molecule has 1 aliphatic rings. The van der Waals surface area contributed by atoms with Crippen LogP contribution in [0.15, 0.2) is 30.3 Å². The molecule has 0 spiro atoms. The highest BCUT2D eigenvalue weighted by atomic mass is 16.3. The van der Waals surface area contributed by atoms with Crippen LogP contribution < -0.4 is 10.7 Å². The van der Waals surface area contributed by atoms with Crippen molar-refractivity contribution in [3.05, 3.63) is 35.9 Å². The predicted molar refractivity (Wildman–Crippen MR) is 64.1 cm³/mol. The van der Waals surface area contributed by atoms with E-state index in [1.54, 1.807) is 0 Å². The molecule has 1 aromatic carbocycles. The Morgan fingerprint density at radius 1 is 1.33 bits per heavy atom. The Morgan fingerprint density at radius 3 is 2.67 bits per heavy atom. The van der Waals surface area contributed by atoms with Crippen LogP contribution in [-0.2, 0) is 11.2 Å². The van der Waals surface area contributed by atoms with Gasteiger partial charge in [0.05, 0.1) is 6.04 Å². The topological polar surface area (TPSA) is 81.7 Å². The Bertz CT molecular complexity index is 449. The highest BCUT2D eigenvalue weighted by molar-refractivity contribution is 5.98. The number of amides is 3. The Balaban J connectivity index is 2.02. The van der Waals surface area contributed by atoms with Gasteiger partial charge in [-0.2, -0.15) is 5.43 Å². The molecule has 6 nitrogen and oxygen atoms in total. The zero-order chi connectivity index (χ0) is 13.1. The first-order valence-corrected chi connectivity index (χ1v) is 5.70. The summed E-state index contributed by atoms with van der Waals surface area (Å²) >= 11 is 0. The van der Waals surface area contributed by atoms with Gasteiger partial charge >= 0.3 is 6.03 Å². The maximum absolute atomic E-state index is 11.6. The summed E-state index contributed by atoms with van der Waals surface area (Å²) in [5.74, 6) is -0.733. The summed E-state index contributed by atoms with van der Waals surface area (Å²) < 4.78 is 0. The van der Waals surface area contributed by atoms with Crippen LogP contribution in [0, 0.1) is 0 Å². The lowest BCUT2D eigenvalue weighted by molar-refractivity contribution is -0.136. The minimum atomic E-state index is -1.39. The number of hydrogen-bond donors (Lipinski definition) is 3. The molecule has 2 atom stereocenters. The normalized spacial score (nSPS) is 21.7. The van der Waals surface area contributed by atoms with Crippen molar-refractivity contribution in [3.8, 4) is 0 Å². The zero-order valence-electron chi connectivity index (χ0n) is 9.96. The molecule has 18 heavy (non-hydrogen) atoms. The molecule has 2 rings (SSSR count). The third kappa shape index (κ3) is 2.66. The third-order valence-corrected chi connectivity index (χ3v) is 2.77. The van der Waals surface area contributed by atoms with Gasteiger partial charge in [-0.15, -0.1) is 0 Å². The number of aliphatic hydroxyl groups is 1. The standard InChI is InChI=1S/C12H15N3O3/c1-8(7-9-5-3-2-4-6-9)15-12(18)13-10(16)11(17)14-15/h2-6,8,11,14,17H,7H2,1H3,(H,13,16,18). The van der Waals surface area contributed by atoms with E-state index in [2.05, 4.69) is 10.7 Å². The summed E-state index contributed by atoms with van der Waals surface area (Å²) in [5, 5.41) is 12.7. The Labute approximate surface area is 105 Å². The van der Waals surface area contributed by atoms with Crippen molar-refractivity contribution in [1.29, 1.82) is 0 Å². The molecular weight excluding hydrogens is 234 g/mol.